The average molecular weight is 353 g/mol. The van der Waals surface area contributed by atoms with Gasteiger partial charge in [-0.2, -0.15) is 0 Å². The molecule has 7 heteroatoms. The van der Waals surface area contributed by atoms with Crippen molar-refractivity contribution in [3.8, 4) is 17.2 Å². The second-order valence-corrected chi connectivity index (χ2v) is 6.14. The van der Waals surface area contributed by atoms with Crippen LogP contribution in [0.15, 0.2) is 36.4 Å². The lowest BCUT2D eigenvalue weighted by atomic mass is 9.80. The van der Waals surface area contributed by atoms with Gasteiger partial charge in [0, 0.05) is 0 Å². The van der Waals surface area contributed by atoms with E-state index >= 15 is 0 Å². The summed E-state index contributed by atoms with van der Waals surface area (Å²) in [5, 5.41) is 9.70. The molecular formula is C19H20BNO5. The molecule has 0 aromatic heterocycles. The molecule has 0 radical (unpaired) electrons. The normalized spacial score (nSPS) is 12.8. The van der Waals surface area contributed by atoms with E-state index in [9.17, 15) is 5.02 Å². The Balaban J connectivity index is 1.75. The van der Waals surface area contributed by atoms with Crippen LogP contribution in [0.1, 0.15) is 19.4 Å². The summed E-state index contributed by atoms with van der Waals surface area (Å²) < 4.78 is 22.4. The molecule has 6 nitrogen and oxygen atoms in total. The average Bonchev–Trinajstić information content (AvgIpc) is 3.00. The molecule has 26 heavy (non-hydrogen) atoms. The quantitative estimate of drug-likeness (QED) is 0.471. The second kappa shape index (κ2) is 8.24. The predicted octanol–water partition coefficient (Wildman–Crippen LogP) is 3.05. The van der Waals surface area contributed by atoms with Crippen molar-refractivity contribution in [1.29, 1.82) is 0 Å². The Morgan fingerprint density at radius 1 is 1.19 bits per heavy atom. The Morgan fingerprint density at radius 2 is 2.04 bits per heavy atom. The van der Waals surface area contributed by atoms with Crippen LogP contribution in [-0.4, -0.2) is 31.5 Å². The molecule has 0 amide bonds. The van der Waals surface area contributed by atoms with E-state index in [1.54, 1.807) is 30.3 Å². The Bertz CT molecular complexity index is 818. The van der Waals surface area contributed by atoms with Gasteiger partial charge in [-0.3, -0.25) is 0 Å². The van der Waals surface area contributed by atoms with Crippen molar-refractivity contribution in [2.45, 2.75) is 26.6 Å². The van der Waals surface area contributed by atoms with Crippen molar-refractivity contribution in [2.24, 2.45) is 0 Å². The molecule has 1 aliphatic heterocycles. The molecular weight excluding hydrogens is 333 g/mol. The summed E-state index contributed by atoms with van der Waals surface area (Å²) in [6, 6.07) is 10.4. The molecule has 0 saturated carbocycles. The Morgan fingerprint density at radius 3 is 2.81 bits per heavy atom. The minimum atomic E-state index is -0.878. The Labute approximate surface area is 153 Å². The second-order valence-electron chi connectivity index (χ2n) is 6.14. The van der Waals surface area contributed by atoms with Crippen LogP contribution in [0.2, 0.25) is 0 Å². The summed E-state index contributed by atoms with van der Waals surface area (Å²) in [7, 11) is -0.878. The standard InChI is InChI=1S/C19H20BNO5/c1-13(2)23-8-9-24-19-11-15(21-3)4-7-18(19)26-16-5-6-17-14(10-16)12-25-20(17)22/h4-7,10-11,13,22H,8-9,12H2,1-2H3. The van der Waals surface area contributed by atoms with Gasteiger partial charge < -0.3 is 23.9 Å². The largest absolute Gasteiger partial charge is 0.491 e. The van der Waals surface area contributed by atoms with Gasteiger partial charge in [-0.25, -0.2) is 4.85 Å². The topological polar surface area (TPSA) is 61.5 Å². The third-order valence-electron chi connectivity index (χ3n) is 3.85. The maximum atomic E-state index is 9.70. The SMILES string of the molecule is [C-]#[N+]c1ccc(Oc2ccc3c(c2)COB3O)c(OCCOC(C)C)c1. The summed E-state index contributed by atoms with van der Waals surface area (Å²) >= 11 is 0. The molecule has 1 N–H and O–H groups in total. The first-order valence-corrected chi connectivity index (χ1v) is 8.43. The summed E-state index contributed by atoms with van der Waals surface area (Å²) in [6.07, 6.45) is 0.132. The van der Waals surface area contributed by atoms with Gasteiger partial charge in [0.25, 0.3) is 0 Å². The van der Waals surface area contributed by atoms with Crippen LogP contribution in [0.4, 0.5) is 5.69 Å². The number of hydrogen-bond acceptors (Lipinski definition) is 5. The lowest BCUT2D eigenvalue weighted by Gasteiger charge is -2.14. The summed E-state index contributed by atoms with van der Waals surface area (Å²) in [6.45, 7) is 12.3. The van der Waals surface area contributed by atoms with Crippen LogP contribution in [0.5, 0.6) is 17.2 Å². The molecule has 0 fully saturated rings. The maximum absolute atomic E-state index is 9.70. The molecule has 134 valence electrons. The number of nitrogens with zero attached hydrogens (tertiary/aromatic N) is 1. The third-order valence-corrected chi connectivity index (χ3v) is 3.85. The fourth-order valence-electron chi connectivity index (χ4n) is 2.60. The zero-order valence-electron chi connectivity index (χ0n) is 14.8. The first kappa shape index (κ1) is 18.3. The smallest absolute Gasteiger partial charge is 0.489 e. The summed E-state index contributed by atoms with van der Waals surface area (Å²) in [5.41, 5.74) is 2.12. The van der Waals surface area contributed by atoms with Crippen LogP contribution >= 0.6 is 0 Å². The monoisotopic (exact) mass is 353 g/mol. The minimum absolute atomic E-state index is 0.132. The Kier molecular flexibility index (Phi) is 5.79. The van der Waals surface area contributed by atoms with Crippen molar-refractivity contribution in [3.05, 3.63) is 53.4 Å². The van der Waals surface area contributed by atoms with Gasteiger partial charge in [-0.1, -0.05) is 12.1 Å². The zero-order valence-corrected chi connectivity index (χ0v) is 14.8. The highest BCUT2D eigenvalue weighted by Crippen LogP contribution is 2.35. The van der Waals surface area contributed by atoms with E-state index < -0.39 is 7.12 Å². The highest BCUT2D eigenvalue weighted by Gasteiger charge is 2.27. The highest BCUT2D eigenvalue weighted by atomic mass is 16.5. The summed E-state index contributed by atoms with van der Waals surface area (Å²) in [4.78, 5) is 3.43. The molecule has 0 atom stereocenters. The van der Waals surface area contributed by atoms with Crippen molar-refractivity contribution < 1.29 is 23.9 Å². The number of fused-ring (bicyclic) bond motifs is 1. The van der Waals surface area contributed by atoms with E-state index in [-0.39, 0.29) is 6.10 Å². The first-order valence-electron chi connectivity index (χ1n) is 8.43. The lowest BCUT2D eigenvalue weighted by molar-refractivity contribution is 0.0548. The molecule has 0 unspecified atom stereocenters. The Hall–Kier alpha value is -2.53. The number of rotatable bonds is 7. The van der Waals surface area contributed by atoms with Crippen molar-refractivity contribution >= 4 is 18.3 Å². The lowest BCUT2D eigenvalue weighted by Crippen LogP contribution is -2.27. The van der Waals surface area contributed by atoms with Crippen molar-refractivity contribution in [1.82, 2.24) is 0 Å². The molecule has 1 aliphatic rings. The van der Waals surface area contributed by atoms with E-state index in [1.807, 2.05) is 19.9 Å². The van der Waals surface area contributed by atoms with E-state index in [2.05, 4.69) is 4.85 Å². The van der Waals surface area contributed by atoms with Crippen molar-refractivity contribution in [3.63, 3.8) is 0 Å². The number of benzene rings is 2. The first-order chi connectivity index (χ1) is 12.6. The van der Waals surface area contributed by atoms with Crippen LogP contribution in [-0.2, 0) is 16.0 Å². The fourth-order valence-corrected chi connectivity index (χ4v) is 2.60. The predicted molar refractivity (Wildman–Crippen MR) is 98.2 cm³/mol. The highest BCUT2D eigenvalue weighted by molar-refractivity contribution is 6.61. The zero-order chi connectivity index (χ0) is 18.5. The van der Waals surface area contributed by atoms with Crippen LogP contribution in [0, 0.1) is 6.57 Å². The van der Waals surface area contributed by atoms with Crippen LogP contribution < -0.4 is 14.9 Å². The number of hydrogen-bond donors (Lipinski definition) is 1. The van der Waals surface area contributed by atoms with Gasteiger partial charge in [0.1, 0.15) is 12.4 Å². The van der Waals surface area contributed by atoms with Gasteiger partial charge in [0.05, 0.1) is 25.9 Å². The number of ether oxygens (including phenoxy) is 3. The van der Waals surface area contributed by atoms with E-state index in [4.69, 9.17) is 25.4 Å². The molecule has 1 heterocycles. The van der Waals surface area contributed by atoms with Crippen LogP contribution in [0.25, 0.3) is 4.85 Å². The molecule has 0 bridgehead atoms. The molecule has 0 spiro atoms. The molecule has 0 saturated heterocycles. The van der Waals surface area contributed by atoms with E-state index in [1.165, 1.54) is 0 Å². The van der Waals surface area contributed by atoms with E-state index in [0.29, 0.717) is 42.8 Å². The van der Waals surface area contributed by atoms with Crippen LogP contribution in [0.3, 0.4) is 0 Å². The van der Waals surface area contributed by atoms with Crippen molar-refractivity contribution in [2.75, 3.05) is 13.2 Å². The van der Waals surface area contributed by atoms with Gasteiger partial charge in [0.2, 0.25) is 0 Å². The van der Waals surface area contributed by atoms with Gasteiger partial charge in [-0.05, 0) is 49.1 Å². The van der Waals surface area contributed by atoms with E-state index in [0.717, 1.165) is 11.0 Å². The molecule has 0 aliphatic carbocycles. The summed E-state index contributed by atoms with van der Waals surface area (Å²) in [5.74, 6) is 1.62. The van der Waals surface area contributed by atoms with Gasteiger partial charge >= 0.3 is 7.12 Å². The third kappa shape index (κ3) is 4.35. The fraction of sp³-hybridized carbons (Fsp3) is 0.316. The van der Waals surface area contributed by atoms with Gasteiger partial charge in [0.15, 0.2) is 17.2 Å². The van der Waals surface area contributed by atoms with Gasteiger partial charge in [-0.15, -0.1) is 0 Å². The maximum Gasteiger partial charge on any atom is 0.491 e. The molecule has 2 aromatic carbocycles. The molecule has 2 aromatic rings. The molecule has 3 rings (SSSR count). The minimum Gasteiger partial charge on any atom is -0.489 e.